The lowest BCUT2D eigenvalue weighted by Gasteiger charge is -2.49. The molecule has 2 aliphatic rings. The smallest absolute Gasteiger partial charge is 0.257 e. The van der Waals surface area contributed by atoms with Crippen LogP contribution in [0, 0.1) is 17.6 Å². The number of hydrogen-bond acceptors (Lipinski definition) is 6. The number of rotatable bonds is 3. The number of amides is 1. The average Bonchev–Trinajstić information content (AvgIpc) is 3.27. The molecule has 3 aromatic rings. The molecular formula is C24H22F2N4O3S. The summed E-state index contributed by atoms with van der Waals surface area (Å²) in [5.74, 6) is -3.37. The van der Waals surface area contributed by atoms with Crippen LogP contribution in [0.4, 0.5) is 8.78 Å². The van der Waals surface area contributed by atoms with Gasteiger partial charge in [-0.3, -0.25) is 9.48 Å². The molecular weight excluding hydrogens is 462 g/mol. The monoisotopic (exact) mass is 484 g/mol. The van der Waals surface area contributed by atoms with E-state index in [0.29, 0.717) is 22.0 Å². The summed E-state index contributed by atoms with van der Waals surface area (Å²) in [4.78, 5) is 17.5. The van der Waals surface area contributed by atoms with E-state index in [-0.39, 0.29) is 30.4 Å². The van der Waals surface area contributed by atoms with Crippen LogP contribution in [0.1, 0.15) is 27.9 Å². The third-order valence-electron chi connectivity index (χ3n) is 6.26. The van der Waals surface area contributed by atoms with Gasteiger partial charge in [0.2, 0.25) is 0 Å². The Morgan fingerprint density at radius 1 is 1.26 bits per heavy atom. The Morgan fingerprint density at radius 3 is 2.76 bits per heavy atom. The SMILES string of the molecule is Cn1cc(C2(O)C[C@H]3CSC(NC(=O)c4ccccc4)=N[C@@]3(c3ccc(F)cc3F)CO2)cn1. The van der Waals surface area contributed by atoms with Crippen LogP contribution in [0.25, 0.3) is 0 Å². The number of aliphatic hydroxyl groups is 1. The summed E-state index contributed by atoms with van der Waals surface area (Å²) >= 11 is 1.31. The first kappa shape index (κ1) is 22.7. The quantitative estimate of drug-likeness (QED) is 0.596. The molecule has 1 unspecified atom stereocenters. The molecule has 176 valence electrons. The van der Waals surface area contributed by atoms with Gasteiger partial charge in [-0.05, 0) is 18.2 Å². The first-order chi connectivity index (χ1) is 16.3. The topological polar surface area (TPSA) is 88.7 Å². The van der Waals surface area contributed by atoms with Crippen LogP contribution in [0.3, 0.4) is 0 Å². The van der Waals surface area contributed by atoms with Gasteiger partial charge < -0.3 is 15.2 Å². The van der Waals surface area contributed by atoms with E-state index in [4.69, 9.17) is 9.73 Å². The number of carbonyl (C=O) groups excluding carboxylic acids is 1. The Hall–Kier alpha value is -3.08. The molecule has 0 bridgehead atoms. The minimum atomic E-state index is -1.63. The molecule has 3 atom stereocenters. The molecule has 0 spiro atoms. The fourth-order valence-electron chi connectivity index (χ4n) is 4.47. The number of carbonyl (C=O) groups is 1. The second-order valence-corrected chi connectivity index (χ2v) is 9.48. The van der Waals surface area contributed by atoms with Gasteiger partial charge in [0.05, 0.1) is 12.8 Å². The summed E-state index contributed by atoms with van der Waals surface area (Å²) in [6.07, 6.45) is 3.30. The van der Waals surface area contributed by atoms with Gasteiger partial charge in [-0.15, -0.1) is 0 Å². The third-order valence-corrected chi connectivity index (χ3v) is 7.30. The summed E-state index contributed by atoms with van der Waals surface area (Å²) < 4.78 is 36.2. The predicted molar refractivity (Wildman–Crippen MR) is 123 cm³/mol. The van der Waals surface area contributed by atoms with Crippen molar-refractivity contribution in [3.63, 3.8) is 0 Å². The molecule has 2 aliphatic heterocycles. The van der Waals surface area contributed by atoms with Crippen LogP contribution in [0.5, 0.6) is 0 Å². The van der Waals surface area contributed by atoms with Crippen molar-refractivity contribution in [2.24, 2.45) is 18.0 Å². The summed E-state index contributed by atoms with van der Waals surface area (Å²) in [7, 11) is 1.73. The van der Waals surface area contributed by atoms with E-state index in [9.17, 15) is 14.3 Å². The fourth-order valence-corrected chi connectivity index (χ4v) is 5.61. The maximum Gasteiger partial charge on any atom is 0.257 e. The molecule has 0 radical (unpaired) electrons. The minimum absolute atomic E-state index is 0.117. The minimum Gasteiger partial charge on any atom is -0.362 e. The highest BCUT2D eigenvalue weighted by atomic mass is 32.2. The van der Waals surface area contributed by atoms with Gasteiger partial charge in [0.1, 0.15) is 17.2 Å². The number of fused-ring (bicyclic) bond motifs is 1. The lowest BCUT2D eigenvalue weighted by Crippen LogP contribution is -2.54. The van der Waals surface area contributed by atoms with Gasteiger partial charge in [-0.1, -0.05) is 36.0 Å². The largest absolute Gasteiger partial charge is 0.362 e. The van der Waals surface area contributed by atoms with Gasteiger partial charge in [0.15, 0.2) is 11.0 Å². The van der Waals surface area contributed by atoms with Gasteiger partial charge in [0, 0.05) is 54.1 Å². The van der Waals surface area contributed by atoms with Crippen LogP contribution in [0.2, 0.25) is 0 Å². The molecule has 0 aliphatic carbocycles. The van der Waals surface area contributed by atoms with Crippen molar-refractivity contribution in [3.05, 3.63) is 89.2 Å². The van der Waals surface area contributed by atoms with Gasteiger partial charge >= 0.3 is 0 Å². The lowest BCUT2D eigenvalue weighted by atomic mass is 9.73. The summed E-state index contributed by atoms with van der Waals surface area (Å²) in [6.45, 7) is -0.170. The molecule has 1 amide bonds. The molecule has 1 saturated heterocycles. The molecule has 3 heterocycles. The van der Waals surface area contributed by atoms with Crippen molar-refractivity contribution in [1.82, 2.24) is 15.1 Å². The zero-order valence-corrected chi connectivity index (χ0v) is 19.1. The number of aryl methyl sites for hydroxylation is 1. The first-order valence-corrected chi connectivity index (χ1v) is 11.7. The number of nitrogens with zero attached hydrogens (tertiary/aromatic N) is 3. The third kappa shape index (κ3) is 4.02. The number of ether oxygens (including phenoxy) is 1. The number of halogens is 2. The van der Waals surface area contributed by atoms with E-state index in [1.165, 1.54) is 30.1 Å². The highest BCUT2D eigenvalue weighted by Crippen LogP contribution is 2.51. The molecule has 1 aromatic heterocycles. The summed E-state index contributed by atoms with van der Waals surface area (Å²) in [5, 5.41) is 18.5. The molecule has 0 saturated carbocycles. The molecule has 2 aromatic carbocycles. The van der Waals surface area contributed by atoms with E-state index in [1.54, 1.807) is 42.2 Å². The van der Waals surface area contributed by atoms with E-state index in [1.807, 2.05) is 6.07 Å². The van der Waals surface area contributed by atoms with Crippen molar-refractivity contribution < 1.29 is 23.4 Å². The number of nitrogens with one attached hydrogen (secondary N) is 1. The molecule has 7 nitrogen and oxygen atoms in total. The van der Waals surface area contributed by atoms with Gasteiger partial charge in [-0.25, -0.2) is 13.8 Å². The first-order valence-electron chi connectivity index (χ1n) is 10.7. The van der Waals surface area contributed by atoms with Crippen LogP contribution in [0.15, 0.2) is 65.9 Å². The Morgan fingerprint density at radius 2 is 2.06 bits per heavy atom. The van der Waals surface area contributed by atoms with Crippen molar-refractivity contribution in [3.8, 4) is 0 Å². The average molecular weight is 485 g/mol. The Bertz CT molecular complexity index is 1270. The molecule has 5 rings (SSSR count). The van der Waals surface area contributed by atoms with Gasteiger partial charge in [0.25, 0.3) is 5.91 Å². The second kappa shape index (κ2) is 8.61. The van der Waals surface area contributed by atoms with Crippen molar-refractivity contribution in [2.45, 2.75) is 17.7 Å². The Kier molecular flexibility index (Phi) is 5.75. The van der Waals surface area contributed by atoms with Gasteiger partial charge in [-0.2, -0.15) is 5.10 Å². The van der Waals surface area contributed by atoms with E-state index in [0.717, 1.165) is 6.07 Å². The second-order valence-electron chi connectivity index (χ2n) is 8.47. The number of thioether (sulfide) groups is 1. The normalized spacial score (nSPS) is 26.5. The maximum absolute atomic E-state index is 15.0. The highest BCUT2D eigenvalue weighted by Gasteiger charge is 2.54. The zero-order chi connectivity index (χ0) is 23.9. The van der Waals surface area contributed by atoms with Crippen molar-refractivity contribution in [1.29, 1.82) is 0 Å². The maximum atomic E-state index is 15.0. The molecule has 1 fully saturated rings. The number of benzene rings is 2. The molecule has 2 N–H and O–H groups in total. The number of aromatic nitrogens is 2. The van der Waals surface area contributed by atoms with Crippen molar-refractivity contribution in [2.75, 3.05) is 12.4 Å². The van der Waals surface area contributed by atoms with E-state index in [2.05, 4.69) is 10.4 Å². The highest BCUT2D eigenvalue weighted by molar-refractivity contribution is 8.13. The van der Waals surface area contributed by atoms with Crippen LogP contribution in [-0.2, 0) is 23.1 Å². The number of hydrogen-bond donors (Lipinski definition) is 2. The molecule has 34 heavy (non-hydrogen) atoms. The summed E-state index contributed by atoms with van der Waals surface area (Å²) in [5.41, 5.74) is -0.156. The van der Waals surface area contributed by atoms with Crippen LogP contribution < -0.4 is 5.32 Å². The fraction of sp³-hybridized carbons (Fsp3) is 0.292. The lowest BCUT2D eigenvalue weighted by molar-refractivity contribution is -0.262. The van der Waals surface area contributed by atoms with E-state index < -0.39 is 23.0 Å². The van der Waals surface area contributed by atoms with E-state index >= 15 is 4.39 Å². The predicted octanol–water partition coefficient (Wildman–Crippen LogP) is 3.31. The summed E-state index contributed by atoms with van der Waals surface area (Å²) in [6, 6.07) is 12.0. The van der Waals surface area contributed by atoms with Crippen molar-refractivity contribution >= 4 is 22.8 Å². The Balaban J connectivity index is 1.52. The molecule has 10 heteroatoms. The standard InChI is InChI=1S/C24H22F2N4O3S/c1-30-12-17(11-27-30)24(32)10-16-13-34-22(28-21(31)15-5-3-2-4-6-15)29-23(16,14-33-24)19-8-7-18(25)9-20(19)26/h2-9,11-12,16,32H,10,13-14H2,1H3,(H,28,29,31)/t16-,23-,24?/m0/s1. The number of aliphatic imine (C=N–C) groups is 1. The number of amidine groups is 1. The zero-order valence-electron chi connectivity index (χ0n) is 18.2. The Labute approximate surface area is 198 Å². The van der Waals surface area contributed by atoms with Crippen LogP contribution >= 0.6 is 11.8 Å². The van der Waals surface area contributed by atoms with Crippen LogP contribution in [-0.4, -0.2) is 38.3 Å².